The van der Waals surface area contributed by atoms with Crippen molar-refractivity contribution in [2.75, 3.05) is 32.8 Å². The minimum atomic E-state index is 0.627. The van der Waals surface area contributed by atoms with Crippen molar-refractivity contribution < 1.29 is 4.74 Å². The van der Waals surface area contributed by atoms with Crippen LogP contribution in [-0.4, -0.2) is 48.4 Å². The Labute approximate surface area is 129 Å². The molecule has 1 aliphatic rings. The first kappa shape index (κ1) is 16.5. The standard InChI is InChI=1S/C17H31N3O/c1-4-19-6-5-16(14-19)12-18-13-17(11-15(2)3)20-7-9-21-10-8-20/h5-6,14-15,17-18H,4,7-13H2,1-3H3. The van der Waals surface area contributed by atoms with E-state index in [0.29, 0.717) is 6.04 Å². The Morgan fingerprint density at radius 3 is 2.67 bits per heavy atom. The fourth-order valence-electron chi connectivity index (χ4n) is 3.02. The maximum absolute atomic E-state index is 5.48. The molecule has 0 saturated carbocycles. The van der Waals surface area contributed by atoms with Gasteiger partial charge in [-0.05, 0) is 30.9 Å². The van der Waals surface area contributed by atoms with Crippen LogP contribution in [0.3, 0.4) is 0 Å². The first-order valence-electron chi connectivity index (χ1n) is 8.36. The average molecular weight is 293 g/mol. The number of aryl methyl sites for hydroxylation is 1. The number of nitrogens with zero attached hydrogens (tertiary/aromatic N) is 2. The van der Waals surface area contributed by atoms with Crippen LogP contribution in [0.15, 0.2) is 18.5 Å². The Bertz CT molecular complexity index is 396. The van der Waals surface area contributed by atoms with Gasteiger partial charge in [-0.1, -0.05) is 13.8 Å². The van der Waals surface area contributed by atoms with Crippen LogP contribution in [0.1, 0.15) is 32.8 Å². The number of hydrogen-bond donors (Lipinski definition) is 1. The summed E-state index contributed by atoms with van der Waals surface area (Å²) in [4.78, 5) is 2.59. The lowest BCUT2D eigenvalue weighted by molar-refractivity contribution is 0.0123. The van der Waals surface area contributed by atoms with Gasteiger partial charge >= 0.3 is 0 Å². The fraction of sp³-hybridized carbons (Fsp3) is 0.765. The predicted molar refractivity (Wildman–Crippen MR) is 87.4 cm³/mol. The van der Waals surface area contributed by atoms with Crippen molar-refractivity contribution >= 4 is 0 Å². The minimum Gasteiger partial charge on any atom is -0.379 e. The summed E-state index contributed by atoms with van der Waals surface area (Å²) in [5.74, 6) is 0.737. The van der Waals surface area contributed by atoms with Gasteiger partial charge in [0.05, 0.1) is 13.2 Å². The molecular formula is C17H31N3O. The molecule has 2 heterocycles. The molecule has 0 aromatic carbocycles. The molecule has 0 radical (unpaired) electrons. The third-order valence-corrected chi connectivity index (χ3v) is 4.19. The summed E-state index contributed by atoms with van der Waals surface area (Å²) in [5.41, 5.74) is 1.38. The summed E-state index contributed by atoms with van der Waals surface area (Å²) in [6.07, 6.45) is 5.65. The van der Waals surface area contributed by atoms with Crippen molar-refractivity contribution in [1.29, 1.82) is 0 Å². The summed E-state index contributed by atoms with van der Waals surface area (Å²) in [6.45, 7) is 13.8. The number of morpholine rings is 1. The molecular weight excluding hydrogens is 262 g/mol. The maximum Gasteiger partial charge on any atom is 0.0594 e. The molecule has 1 aliphatic heterocycles. The first-order valence-corrected chi connectivity index (χ1v) is 8.36. The Morgan fingerprint density at radius 2 is 2.05 bits per heavy atom. The predicted octanol–water partition coefficient (Wildman–Crippen LogP) is 2.34. The Balaban J connectivity index is 1.80. The lowest BCUT2D eigenvalue weighted by atomic mass is 10.0. The second-order valence-corrected chi connectivity index (χ2v) is 6.41. The zero-order valence-corrected chi connectivity index (χ0v) is 13.8. The van der Waals surface area contributed by atoms with Crippen LogP contribution in [0.5, 0.6) is 0 Å². The van der Waals surface area contributed by atoms with Crippen molar-refractivity contribution in [2.24, 2.45) is 5.92 Å². The molecule has 1 unspecified atom stereocenters. The minimum absolute atomic E-state index is 0.627. The molecule has 1 aromatic heterocycles. The lowest BCUT2D eigenvalue weighted by Crippen LogP contribution is -2.48. The Kier molecular flexibility index (Phi) is 6.74. The van der Waals surface area contributed by atoms with E-state index in [4.69, 9.17) is 4.74 Å². The van der Waals surface area contributed by atoms with E-state index in [0.717, 1.165) is 51.9 Å². The van der Waals surface area contributed by atoms with Gasteiger partial charge in [0.15, 0.2) is 0 Å². The zero-order valence-electron chi connectivity index (χ0n) is 13.8. The Morgan fingerprint density at radius 1 is 1.29 bits per heavy atom. The quantitative estimate of drug-likeness (QED) is 0.798. The molecule has 0 spiro atoms. The van der Waals surface area contributed by atoms with E-state index in [1.54, 1.807) is 0 Å². The van der Waals surface area contributed by atoms with E-state index < -0.39 is 0 Å². The van der Waals surface area contributed by atoms with Gasteiger partial charge in [-0.2, -0.15) is 0 Å². The van der Waals surface area contributed by atoms with Crippen LogP contribution in [0.2, 0.25) is 0 Å². The molecule has 4 heteroatoms. The van der Waals surface area contributed by atoms with Gasteiger partial charge < -0.3 is 14.6 Å². The molecule has 1 saturated heterocycles. The van der Waals surface area contributed by atoms with Crippen molar-refractivity contribution in [3.8, 4) is 0 Å². The highest BCUT2D eigenvalue weighted by atomic mass is 16.5. The van der Waals surface area contributed by atoms with Crippen LogP contribution in [0.4, 0.5) is 0 Å². The van der Waals surface area contributed by atoms with E-state index in [1.165, 1.54) is 12.0 Å². The van der Waals surface area contributed by atoms with Gasteiger partial charge in [-0.25, -0.2) is 0 Å². The van der Waals surface area contributed by atoms with Gasteiger partial charge in [0.1, 0.15) is 0 Å². The largest absolute Gasteiger partial charge is 0.379 e. The normalized spacial score (nSPS) is 18.3. The number of rotatable bonds is 8. The number of aromatic nitrogens is 1. The summed E-state index contributed by atoms with van der Waals surface area (Å²) < 4.78 is 7.71. The molecule has 1 atom stereocenters. The number of ether oxygens (including phenoxy) is 1. The molecule has 1 N–H and O–H groups in total. The molecule has 1 fully saturated rings. The summed E-state index contributed by atoms with van der Waals surface area (Å²) in [6, 6.07) is 2.84. The second kappa shape index (κ2) is 8.57. The van der Waals surface area contributed by atoms with E-state index in [-0.39, 0.29) is 0 Å². The van der Waals surface area contributed by atoms with Gasteiger partial charge in [0.25, 0.3) is 0 Å². The molecule has 4 nitrogen and oxygen atoms in total. The topological polar surface area (TPSA) is 29.4 Å². The molecule has 120 valence electrons. The van der Waals surface area contributed by atoms with E-state index >= 15 is 0 Å². The smallest absolute Gasteiger partial charge is 0.0594 e. The fourth-order valence-corrected chi connectivity index (χ4v) is 3.02. The lowest BCUT2D eigenvalue weighted by Gasteiger charge is -2.35. The second-order valence-electron chi connectivity index (χ2n) is 6.41. The number of hydrogen-bond acceptors (Lipinski definition) is 3. The Hall–Kier alpha value is -0.840. The highest BCUT2D eigenvalue weighted by Crippen LogP contribution is 2.13. The van der Waals surface area contributed by atoms with E-state index in [1.807, 2.05) is 0 Å². The third kappa shape index (κ3) is 5.46. The monoisotopic (exact) mass is 293 g/mol. The molecule has 0 bridgehead atoms. The highest BCUT2D eigenvalue weighted by Gasteiger charge is 2.21. The molecule has 2 rings (SSSR count). The molecule has 0 amide bonds. The van der Waals surface area contributed by atoms with Crippen LogP contribution >= 0.6 is 0 Å². The van der Waals surface area contributed by atoms with Gasteiger partial charge in [0, 0.05) is 51.2 Å². The first-order chi connectivity index (χ1) is 10.2. The molecule has 21 heavy (non-hydrogen) atoms. The van der Waals surface area contributed by atoms with Crippen LogP contribution in [0.25, 0.3) is 0 Å². The van der Waals surface area contributed by atoms with Crippen molar-refractivity contribution in [3.05, 3.63) is 24.0 Å². The highest BCUT2D eigenvalue weighted by molar-refractivity contribution is 5.09. The third-order valence-electron chi connectivity index (χ3n) is 4.19. The van der Waals surface area contributed by atoms with E-state index in [9.17, 15) is 0 Å². The van der Waals surface area contributed by atoms with Crippen molar-refractivity contribution in [1.82, 2.24) is 14.8 Å². The maximum atomic E-state index is 5.48. The molecule has 0 aliphatic carbocycles. The van der Waals surface area contributed by atoms with Crippen LogP contribution < -0.4 is 5.32 Å². The average Bonchev–Trinajstić information content (AvgIpc) is 2.95. The van der Waals surface area contributed by atoms with Crippen molar-refractivity contribution in [3.63, 3.8) is 0 Å². The van der Waals surface area contributed by atoms with Gasteiger partial charge in [-0.15, -0.1) is 0 Å². The van der Waals surface area contributed by atoms with Crippen LogP contribution in [-0.2, 0) is 17.8 Å². The van der Waals surface area contributed by atoms with Gasteiger partial charge in [0.2, 0.25) is 0 Å². The summed E-state index contributed by atoms with van der Waals surface area (Å²) in [5, 5.41) is 3.65. The zero-order chi connectivity index (χ0) is 15.1. The van der Waals surface area contributed by atoms with Gasteiger partial charge in [-0.3, -0.25) is 4.90 Å². The van der Waals surface area contributed by atoms with Crippen molar-refractivity contribution in [2.45, 2.75) is 46.3 Å². The van der Waals surface area contributed by atoms with E-state index in [2.05, 4.69) is 54.0 Å². The SMILES string of the molecule is CCn1ccc(CNCC(CC(C)C)N2CCOCC2)c1. The summed E-state index contributed by atoms with van der Waals surface area (Å²) in [7, 11) is 0. The summed E-state index contributed by atoms with van der Waals surface area (Å²) >= 11 is 0. The van der Waals surface area contributed by atoms with Crippen LogP contribution in [0, 0.1) is 5.92 Å². The molecule has 1 aromatic rings. The number of nitrogens with one attached hydrogen (secondary N) is 1.